The van der Waals surface area contributed by atoms with Crippen LogP contribution in [0, 0.1) is 7.14 Å². The van der Waals surface area contributed by atoms with Crippen LogP contribution in [-0.4, -0.2) is 0 Å². The van der Waals surface area contributed by atoms with Crippen LogP contribution in [0.2, 0.25) is 0 Å². The molecule has 0 aromatic heterocycles. The van der Waals surface area contributed by atoms with Crippen LogP contribution < -0.4 is 5.73 Å². The van der Waals surface area contributed by atoms with Gasteiger partial charge in [-0.3, -0.25) is 0 Å². The molecule has 0 heterocycles. The molecule has 1 nitrogen and oxygen atoms in total. The standard InChI is InChI=1S/C6H4BrI2N/c7-6-4(8)1-3(10)2-5(6)9/h1-2H,10H2. The molecular formula is C6H4BrI2N. The van der Waals surface area contributed by atoms with E-state index in [-0.39, 0.29) is 0 Å². The van der Waals surface area contributed by atoms with Crippen molar-refractivity contribution in [1.82, 2.24) is 0 Å². The molecule has 1 aromatic carbocycles. The van der Waals surface area contributed by atoms with Crippen molar-refractivity contribution in [1.29, 1.82) is 0 Å². The van der Waals surface area contributed by atoms with Crippen molar-refractivity contribution in [3.05, 3.63) is 23.7 Å². The van der Waals surface area contributed by atoms with E-state index in [9.17, 15) is 0 Å². The third-order valence-electron chi connectivity index (χ3n) is 1.01. The highest BCUT2D eigenvalue weighted by Crippen LogP contribution is 2.27. The molecule has 0 spiro atoms. The SMILES string of the molecule is Nc1cc(I)c(Br)c(I)c1. The van der Waals surface area contributed by atoms with E-state index in [0.29, 0.717) is 0 Å². The fraction of sp³-hybridized carbons (Fsp3) is 0. The number of hydrogen-bond acceptors (Lipinski definition) is 1. The van der Waals surface area contributed by atoms with Gasteiger partial charge in [-0.1, -0.05) is 0 Å². The summed E-state index contributed by atoms with van der Waals surface area (Å²) in [7, 11) is 0. The summed E-state index contributed by atoms with van der Waals surface area (Å²) >= 11 is 7.93. The smallest absolute Gasteiger partial charge is 0.0443 e. The molecule has 0 atom stereocenters. The number of hydrogen-bond donors (Lipinski definition) is 1. The quantitative estimate of drug-likeness (QED) is 0.387. The van der Waals surface area contributed by atoms with Gasteiger partial charge >= 0.3 is 0 Å². The second-order valence-electron chi connectivity index (χ2n) is 1.80. The minimum absolute atomic E-state index is 0.817. The first-order valence-corrected chi connectivity index (χ1v) is 5.46. The van der Waals surface area contributed by atoms with E-state index in [0.717, 1.165) is 17.3 Å². The monoisotopic (exact) mass is 423 g/mol. The Labute approximate surface area is 95.2 Å². The largest absolute Gasteiger partial charge is 0.399 e. The van der Waals surface area contributed by atoms with Gasteiger partial charge in [0.2, 0.25) is 0 Å². The molecule has 0 radical (unpaired) electrons. The molecule has 0 bridgehead atoms. The Kier molecular flexibility index (Phi) is 3.23. The summed E-state index contributed by atoms with van der Waals surface area (Å²) in [5.41, 5.74) is 6.41. The van der Waals surface area contributed by atoms with Crippen molar-refractivity contribution in [2.24, 2.45) is 0 Å². The van der Waals surface area contributed by atoms with Gasteiger partial charge in [0.25, 0.3) is 0 Å². The number of rotatable bonds is 0. The number of benzene rings is 1. The summed E-state index contributed by atoms with van der Waals surface area (Å²) in [6, 6.07) is 3.87. The van der Waals surface area contributed by atoms with E-state index in [4.69, 9.17) is 5.73 Å². The first-order valence-electron chi connectivity index (χ1n) is 2.51. The van der Waals surface area contributed by atoms with Crippen molar-refractivity contribution in [3.63, 3.8) is 0 Å². The Bertz CT molecular complexity index is 239. The zero-order valence-corrected chi connectivity index (χ0v) is 10.8. The zero-order valence-electron chi connectivity index (χ0n) is 4.87. The van der Waals surface area contributed by atoms with E-state index in [1.54, 1.807) is 0 Å². The first-order chi connectivity index (χ1) is 4.61. The lowest BCUT2D eigenvalue weighted by Crippen LogP contribution is -1.88. The lowest BCUT2D eigenvalue weighted by Gasteiger charge is -2.00. The molecule has 0 aliphatic rings. The number of anilines is 1. The van der Waals surface area contributed by atoms with Gasteiger partial charge in [0, 0.05) is 17.3 Å². The van der Waals surface area contributed by atoms with E-state index in [1.165, 1.54) is 0 Å². The topological polar surface area (TPSA) is 26.0 Å². The minimum Gasteiger partial charge on any atom is -0.399 e. The molecule has 1 rings (SSSR count). The molecule has 4 heteroatoms. The minimum atomic E-state index is 0.817. The van der Waals surface area contributed by atoms with Gasteiger partial charge in [0.05, 0.1) is 0 Å². The van der Waals surface area contributed by atoms with Gasteiger partial charge in [-0.05, 0) is 73.2 Å². The van der Waals surface area contributed by atoms with Gasteiger partial charge in [0.1, 0.15) is 0 Å². The maximum Gasteiger partial charge on any atom is 0.0443 e. The van der Waals surface area contributed by atoms with Crippen LogP contribution in [0.25, 0.3) is 0 Å². The van der Waals surface area contributed by atoms with Crippen molar-refractivity contribution < 1.29 is 0 Å². The van der Waals surface area contributed by atoms with E-state index in [1.807, 2.05) is 12.1 Å². The number of nitrogens with two attached hydrogens (primary N) is 1. The molecule has 54 valence electrons. The third-order valence-corrected chi connectivity index (χ3v) is 5.04. The average molecular weight is 424 g/mol. The van der Waals surface area contributed by atoms with Crippen molar-refractivity contribution in [2.75, 3.05) is 5.73 Å². The lowest BCUT2D eigenvalue weighted by atomic mass is 10.3. The van der Waals surface area contributed by atoms with Crippen LogP contribution in [0.15, 0.2) is 16.6 Å². The summed E-state index contributed by atoms with van der Waals surface area (Å²) in [5, 5.41) is 0. The molecule has 0 aliphatic heterocycles. The molecule has 0 aliphatic carbocycles. The fourth-order valence-corrected chi connectivity index (χ4v) is 2.62. The first kappa shape index (κ1) is 9.05. The van der Waals surface area contributed by atoms with Crippen LogP contribution >= 0.6 is 61.1 Å². The Morgan fingerprint density at radius 1 is 1.20 bits per heavy atom. The van der Waals surface area contributed by atoms with E-state index >= 15 is 0 Å². The van der Waals surface area contributed by atoms with E-state index < -0.39 is 0 Å². The number of halogens is 3. The molecule has 2 N–H and O–H groups in total. The van der Waals surface area contributed by atoms with Crippen LogP contribution in [0.1, 0.15) is 0 Å². The van der Waals surface area contributed by atoms with E-state index in [2.05, 4.69) is 61.1 Å². The van der Waals surface area contributed by atoms with Crippen LogP contribution in [0.4, 0.5) is 5.69 Å². The predicted molar refractivity (Wildman–Crippen MR) is 64.0 cm³/mol. The Hall–Kier alpha value is 0.960. The normalized spacial score (nSPS) is 9.90. The van der Waals surface area contributed by atoms with Crippen LogP contribution in [0.5, 0.6) is 0 Å². The molecular weight excluding hydrogens is 420 g/mol. The van der Waals surface area contributed by atoms with Gasteiger partial charge in [0.15, 0.2) is 0 Å². The summed E-state index contributed by atoms with van der Waals surface area (Å²) in [6.07, 6.45) is 0. The third kappa shape index (κ3) is 1.97. The highest BCUT2D eigenvalue weighted by Gasteiger charge is 2.01. The molecule has 0 amide bonds. The van der Waals surface area contributed by atoms with Gasteiger partial charge in [-0.15, -0.1) is 0 Å². The molecule has 0 fully saturated rings. The summed E-state index contributed by atoms with van der Waals surface area (Å²) in [5.74, 6) is 0. The Morgan fingerprint density at radius 2 is 1.60 bits per heavy atom. The second-order valence-corrected chi connectivity index (χ2v) is 4.92. The number of nitrogen functional groups attached to an aromatic ring is 1. The molecule has 0 saturated heterocycles. The van der Waals surface area contributed by atoms with Crippen molar-refractivity contribution in [2.45, 2.75) is 0 Å². The molecule has 0 unspecified atom stereocenters. The fourth-order valence-electron chi connectivity index (χ4n) is 0.575. The lowest BCUT2D eigenvalue weighted by molar-refractivity contribution is 1.53. The van der Waals surface area contributed by atoms with Gasteiger partial charge < -0.3 is 5.73 Å². The summed E-state index contributed by atoms with van der Waals surface area (Å²) in [4.78, 5) is 0. The Morgan fingerprint density at radius 3 is 2.00 bits per heavy atom. The van der Waals surface area contributed by atoms with Crippen molar-refractivity contribution in [3.8, 4) is 0 Å². The predicted octanol–water partition coefficient (Wildman–Crippen LogP) is 3.24. The molecule has 1 aromatic rings. The highest BCUT2D eigenvalue weighted by atomic mass is 127. The van der Waals surface area contributed by atoms with Gasteiger partial charge in [-0.2, -0.15) is 0 Å². The molecule has 0 saturated carbocycles. The summed E-state index contributed by atoms with van der Waals surface area (Å²) in [6.45, 7) is 0. The molecule has 10 heavy (non-hydrogen) atoms. The summed E-state index contributed by atoms with van der Waals surface area (Å²) < 4.78 is 3.44. The second kappa shape index (κ2) is 3.57. The maximum atomic E-state index is 5.60. The van der Waals surface area contributed by atoms with Crippen molar-refractivity contribution >= 4 is 66.8 Å². The zero-order chi connectivity index (χ0) is 7.72. The van der Waals surface area contributed by atoms with Crippen LogP contribution in [0.3, 0.4) is 0 Å². The average Bonchev–Trinajstić information content (AvgIpc) is 1.82. The maximum absolute atomic E-state index is 5.60. The van der Waals surface area contributed by atoms with Gasteiger partial charge in [-0.25, -0.2) is 0 Å². The van der Waals surface area contributed by atoms with Crippen LogP contribution in [-0.2, 0) is 0 Å². The Balaban J connectivity index is 3.31. The highest BCUT2D eigenvalue weighted by molar-refractivity contribution is 14.1.